The van der Waals surface area contributed by atoms with Crippen LogP contribution in [-0.4, -0.2) is 11.4 Å². The first kappa shape index (κ1) is 22.1. The van der Waals surface area contributed by atoms with E-state index in [9.17, 15) is 0 Å². The Hall–Kier alpha value is -2.22. The van der Waals surface area contributed by atoms with Crippen molar-refractivity contribution in [3.63, 3.8) is 0 Å². The van der Waals surface area contributed by atoms with Crippen molar-refractivity contribution in [3.05, 3.63) is 60.7 Å². The maximum atomic E-state index is 5.04. The first-order valence-electron chi connectivity index (χ1n) is 11.1. The smallest absolute Gasteiger partial charge is 0.0633 e. The van der Waals surface area contributed by atoms with Gasteiger partial charge in [0.1, 0.15) is 0 Å². The molecule has 28 heavy (non-hydrogen) atoms. The van der Waals surface area contributed by atoms with Gasteiger partial charge in [-0.1, -0.05) is 88.8 Å². The monoisotopic (exact) mass is 376 g/mol. The lowest BCUT2D eigenvalue weighted by molar-refractivity contribution is 0.678. The van der Waals surface area contributed by atoms with Crippen LogP contribution in [0.1, 0.15) is 78.1 Å². The fourth-order valence-corrected chi connectivity index (χ4v) is 3.28. The molecule has 0 spiro atoms. The molecule has 0 atom stereocenters. The van der Waals surface area contributed by atoms with Crippen LogP contribution >= 0.6 is 0 Å². The van der Waals surface area contributed by atoms with Crippen molar-refractivity contribution in [1.29, 1.82) is 0 Å². The largest absolute Gasteiger partial charge is 0.252 e. The van der Waals surface area contributed by atoms with Crippen molar-refractivity contribution in [2.24, 2.45) is 9.98 Å². The highest BCUT2D eigenvalue weighted by Gasteiger charge is 2.10. The molecule has 150 valence electrons. The van der Waals surface area contributed by atoms with Crippen LogP contribution in [0.15, 0.2) is 70.6 Å². The van der Waals surface area contributed by atoms with Crippen molar-refractivity contribution in [1.82, 2.24) is 0 Å². The third-order valence-corrected chi connectivity index (χ3v) is 4.91. The molecule has 2 aromatic rings. The number of aliphatic imine (C=N–C) groups is 2. The van der Waals surface area contributed by atoms with E-state index in [2.05, 4.69) is 62.4 Å². The van der Waals surface area contributed by atoms with Gasteiger partial charge in [-0.05, 0) is 49.9 Å². The summed E-state index contributed by atoms with van der Waals surface area (Å²) in [5.41, 5.74) is 4.40. The molecule has 2 aromatic carbocycles. The molecular weight excluding hydrogens is 340 g/mol. The SMILES string of the molecule is CCCCCCC(=Nc1ccccc1)C(CCCCCC)=Nc1ccccc1. The zero-order valence-electron chi connectivity index (χ0n) is 17.7. The van der Waals surface area contributed by atoms with E-state index in [-0.39, 0.29) is 0 Å². The average Bonchev–Trinajstić information content (AvgIpc) is 2.74. The summed E-state index contributed by atoms with van der Waals surface area (Å²) in [4.78, 5) is 10.1. The number of nitrogens with zero attached hydrogens (tertiary/aromatic N) is 2. The number of benzene rings is 2. The molecule has 0 saturated heterocycles. The van der Waals surface area contributed by atoms with Gasteiger partial charge in [0.25, 0.3) is 0 Å². The van der Waals surface area contributed by atoms with Crippen molar-refractivity contribution in [2.75, 3.05) is 0 Å². The van der Waals surface area contributed by atoms with Gasteiger partial charge in [-0.15, -0.1) is 0 Å². The van der Waals surface area contributed by atoms with E-state index in [1.807, 2.05) is 12.1 Å². The molecule has 0 aliphatic carbocycles. The van der Waals surface area contributed by atoms with Gasteiger partial charge < -0.3 is 0 Å². The van der Waals surface area contributed by atoms with E-state index in [4.69, 9.17) is 9.98 Å². The van der Waals surface area contributed by atoms with Crippen LogP contribution < -0.4 is 0 Å². The molecule has 0 unspecified atom stereocenters. The van der Waals surface area contributed by atoms with Crippen LogP contribution in [0.25, 0.3) is 0 Å². The number of hydrogen-bond donors (Lipinski definition) is 0. The molecule has 0 saturated carbocycles. The zero-order chi connectivity index (χ0) is 19.9. The maximum Gasteiger partial charge on any atom is 0.0633 e. The number of hydrogen-bond acceptors (Lipinski definition) is 2. The molecule has 0 aliphatic rings. The standard InChI is InChI=1S/C26H36N2/c1-3-5-7-15-21-25(27-23-17-11-9-12-18-23)26(22-16-8-6-4-2)28-24-19-13-10-14-20-24/h9-14,17-20H,3-8,15-16,21-22H2,1-2H3. The minimum atomic E-state index is 1.01. The summed E-state index contributed by atoms with van der Waals surface area (Å²) in [6, 6.07) is 20.7. The minimum absolute atomic E-state index is 1.01. The van der Waals surface area contributed by atoms with E-state index < -0.39 is 0 Å². The van der Waals surface area contributed by atoms with Crippen molar-refractivity contribution in [3.8, 4) is 0 Å². The number of rotatable bonds is 13. The average molecular weight is 377 g/mol. The summed E-state index contributed by atoms with van der Waals surface area (Å²) in [7, 11) is 0. The highest BCUT2D eigenvalue weighted by Crippen LogP contribution is 2.19. The first-order valence-corrected chi connectivity index (χ1v) is 11.1. The van der Waals surface area contributed by atoms with Crippen LogP contribution in [-0.2, 0) is 0 Å². The summed E-state index contributed by atoms with van der Waals surface area (Å²) in [6.45, 7) is 4.52. The van der Waals surface area contributed by atoms with Gasteiger partial charge in [0.05, 0.1) is 22.8 Å². The quantitative estimate of drug-likeness (QED) is 0.247. The van der Waals surface area contributed by atoms with E-state index in [0.717, 1.165) is 24.2 Å². The lowest BCUT2D eigenvalue weighted by atomic mass is 10.0. The van der Waals surface area contributed by atoms with Gasteiger partial charge in [0.15, 0.2) is 0 Å². The van der Waals surface area contributed by atoms with Crippen molar-refractivity contribution in [2.45, 2.75) is 78.1 Å². The van der Waals surface area contributed by atoms with Gasteiger partial charge in [-0.25, -0.2) is 0 Å². The van der Waals surface area contributed by atoms with Gasteiger partial charge in [0, 0.05) is 0 Å². The van der Waals surface area contributed by atoms with E-state index in [1.54, 1.807) is 0 Å². The second kappa shape index (κ2) is 13.9. The first-order chi connectivity index (χ1) is 13.8. The van der Waals surface area contributed by atoms with Crippen molar-refractivity contribution < 1.29 is 0 Å². The topological polar surface area (TPSA) is 24.7 Å². The number of para-hydroxylation sites is 2. The molecule has 0 aliphatic heterocycles. The highest BCUT2D eigenvalue weighted by molar-refractivity contribution is 6.43. The molecule has 2 heteroatoms. The van der Waals surface area contributed by atoms with Crippen LogP contribution in [0.2, 0.25) is 0 Å². The molecular formula is C26H36N2. The van der Waals surface area contributed by atoms with Crippen LogP contribution in [0.4, 0.5) is 11.4 Å². The molecule has 0 heterocycles. The second-order valence-electron chi connectivity index (χ2n) is 7.41. The Morgan fingerprint density at radius 2 is 0.929 bits per heavy atom. The molecule has 0 radical (unpaired) electrons. The lowest BCUT2D eigenvalue weighted by Crippen LogP contribution is -2.14. The Morgan fingerprint density at radius 1 is 0.536 bits per heavy atom. The Balaban J connectivity index is 2.26. The Bertz CT molecular complexity index is 638. The maximum absolute atomic E-state index is 5.04. The van der Waals surface area contributed by atoms with Gasteiger partial charge in [-0.2, -0.15) is 0 Å². The van der Waals surface area contributed by atoms with Crippen LogP contribution in [0.3, 0.4) is 0 Å². The van der Waals surface area contributed by atoms with Gasteiger partial charge in [-0.3, -0.25) is 9.98 Å². The third kappa shape index (κ3) is 8.65. The van der Waals surface area contributed by atoms with E-state index in [0.29, 0.717) is 0 Å². The fraction of sp³-hybridized carbons (Fsp3) is 0.462. The van der Waals surface area contributed by atoms with E-state index >= 15 is 0 Å². The Labute approximate surface area is 171 Å². The van der Waals surface area contributed by atoms with Gasteiger partial charge in [0.2, 0.25) is 0 Å². The highest BCUT2D eigenvalue weighted by atomic mass is 14.8. The lowest BCUT2D eigenvalue weighted by Gasteiger charge is -2.12. The summed E-state index contributed by atoms with van der Waals surface area (Å²) >= 11 is 0. The van der Waals surface area contributed by atoms with Crippen LogP contribution in [0.5, 0.6) is 0 Å². The molecule has 0 amide bonds. The normalized spacial score (nSPS) is 12.4. The predicted octanol–water partition coefficient (Wildman–Crippen LogP) is 8.47. The van der Waals surface area contributed by atoms with Crippen LogP contribution in [0, 0.1) is 0 Å². The fourth-order valence-electron chi connectivity index (χ4n) is 3.28. The summed E-state index contributed by atoms with van der Waals surface area (Å²) < 4.78 is 0. The Morgan fingerprint density at radius 3 is 1.29 bits per heavy atom. The van der Waals surface area contributed by atoms with Gasteiger partial charge >= 0.3 is 0 Å². The molecule has 0 fully saturated rings. The van der Waals surface area contributed by atoms with Crippen molar-refractivity contribution >= 4 is 22.8 Å². The number of unbranched alkanes of at least 4 members (excludes halogenated alkanes) is 6. The third-order valence-electron chi connectivity index (χ3n) is 4.91. The molecule has 0 aromatic heterocycles. The zero-order valence-corrected chi connectivity index (χ0v) is 17.7. The Kier molecular flexibility index (Phi) is 10.9. The molecule has 0 N–H and O–H groups in total. The molecule has 0 bridgehead atoms. The summed E-state index contributed by atoms with van der Waals surface area (Å²) in [5.74, 6) is 0. The van der Waals surface area contributed by atoms with E-state index in [1.165, 1.54) is 62.8 Å². The minimum Gasteiger partial charge on any atom is -0.252 e. The molecule has 2 nitrogen and oxygen atoms in total. The predicted molar refractivity (Wildman–Crippen MR) is 125 cm³/mol. The molecule has 2 rings (SSSR count). The summed E-state index contributed by atoms with van der Waals surface area (Å²) in [6.07, 6.45) is 12.0. The second-order valence-corrected chi connectivity index (χ2v) is 7.41. The summed E-state index contributed by atoms with van der Waals surface area (Å²) in [5, 5.41) is 0.